The Bertz CT molecular complexity index is 655. The molecule has 1 aliphatic carbocycles. The summed E-state index contributed by atoms with van der Waals surface area (Å²) in [5.74, 6) is 2.21. The number of aromatic nitrogens is 2. The average Bonchev–Trinajstić information content (AvgIpc) is 3.01. The van der Waals surface area contributed by atoms with Gasteiger partial charge in [-0.3, -0.25) is 10.4 Å². The van der Waals surface area contributed by atoms with Crippen LogP contribution in [0.25, 0.3) is 11.0 Å². The predicted octanol–water partition coefficient (Wildman–Crippen LogP) is 2.84. The van der Waals surface area contributed by atoms with Crippen LogP contribution >= 0.6 is 27.7 Å². The summed E-state index contributed by atoms with van der Waals surface area (Å²) < 4.78 is 0.938. The summed E-state index contributed by atoms with van der Waals surface area (Å²) in [5.41, 5.74) is 1.78. The van der Waals surface area contributed by atoms with Gasteiger partial charge in [-0.05, 0) is 58.7 Å². The first-order valence-corrected chi connectivity index (χ1v) is 8.91. The summed E-state index contributed by atoms with van der Waals surface area (Å²) in [5, 5.41) is 10.5. The van der Waals surface area contributed by atoms with Crippen LogP contribution in [0.4, 0.5) is 5.82 Å². The molecular weight excluding hydrogens is 348 g/mol. The van der Waals surface area contributed by atoms with E-state index in [0.717, 1.165) is 32.2 Å². The van der Waals surface area contributed by atoms with Crippen LogP contribution in [-0.2, 0) is 0 Å². The van der Waals surface area contributed by atoms with Crippen molar-refractivity contribution in [1.29, 1.82) is 0 Å². The number of hydrogen-bond acceptors (Lipinski definition) is 4. The first kappa shape index (κ1) is 14.8. The Morgan fingerprint density at radius 2 is 2.14 bits per heavy atom. The number of fused-ring (bicyclic) bond motifs is 1. The van der Waals surface area contributed by atoms with Crippen LogP contribution < -0.4 is 10.7 Å². The van der Waals surface area contributed by atoms with Crippen molar-refractivity contribution in [3.63, 3.8) is 0 Å². The molecule has 6 heteroatoms. The van der Waals surface area contributed by atoms with Gasteiger partial charge in [-0.15, -0.1) is 0 Å². The SMILES string of the molecule is [NH2+]=C(SCNc1ccc2ncc(Br)cc2n1)C1CCCC1. The molecule has 0 radical (unpaired) electrons. The molecule has 2 heterocycles. The van der Waals surface area contributed by atoms with Crippen LogP contribution in [0, 0.1) is 5.92 Å². The van der Waals surface area contributed by atoms with Crippen LogP contribution in [-0.4, -0.2) is 20.9 Å². The Morgan fingerprint density at radius 1 is 1.33 bits per heavy atom. The Balaban J connectivity index is 1.58. The zero-order valence-corrected chi connectivity index (χ0v) is 14.1. The third kappa shape index (κ3) is 3.74. The topological polar surface area (TPSA) is 63.4 Å². The minimum Gasteiger partial charge on any atom is -0.360 e. The van der Waals surface area contributed by atoms with Crippen molar-refractivity contribution >= 4 is 49.6 Å². The fourth-order valence-electron chi connectivity index (χ4n) is 2.60. The molecule has 21 heavy (non-hydrogen) atoms. The lowest BCUT2D eigenvalue weighted by Gasteiger charge is -2.08. The van der Waals surface area contributed by atoms with Gasteiger partial charge in [0.1, 0.15) is 5.82 Å². The Hall–Kier alpha value is -1.14. The highest BCUT2D eigenvalue weighted by molar-refractivity contribution is 9.10. The highest BCUT2D eigenvalue weighted by atomic mass is 79.9. The van der Waals surface area contributed by atoms with Crippen molar-refractivity contribution in [3.8, 4) is 0 Å². The molecule has 0 amide bonds. The fourth-order valence-corrected chi connectivity index (χ4v) is 3.78. The van der Waals surface area contributed by atoms with Crippen LogP contribution in [0.5, 0.6) is 0 Å². The van der Waals surface area contributed by atoms with Gasteiger partial charge >= 0.3 is 0 Å². The molecular formula is C15H18BrN4S+. The van der Waals surface area contributed by atoms with Crippen molar-refractivity contribution in [1.82, 2.24) is 9.97 Å². The van der Waals surface area contributed by atoms with Gasteiger partial charge in [0, 0.05) is 10.7 Å². The maximum absolute atomic E-state index is 6.16. The summed E-state index contributed by atoms with van der Waals surface area (Å²) in [4.78, 5) is 8.88. The Kier molecular flexibility index (Phi) is 4.75. The van der Waals surface area contributed by atoms with Gasteiger partial charge in [0.2, 0.25) is 5.04 Å². The predicted molar refractivity (Wildman–Crippen MR) is 92.2 cm³/mol. The van der Waals surface area contributed by atoms with Gasteiger partial charge in [0.15, 0.2) is 0 Å². The number of rotatable bonds is 4. The minimum absolute atomic E-state index is 0.599. The van der Waals surface area contributed by atoms with E-state index in [9.17, 15) is 0 Å². The number of pyridine rings is 2. The van der Waals surface area contributed by atoms with E-state index in [1.165, 1.54) is 25.7 Å². The maximum atomic E-state index is 6.16. The monoisotopic (exact) mass is 365 g/mol. The molecule has 0 saturated heterocycles. The Morgan fingerprint density at radius 3 is 2.95 bits per heavy atom. The second-order valence-electron chi connectivity index (χ2n) is 5.24. The molecule has 0 atom stereocenters. The quantitative estimate of drug-likeness (QED) is 0.496. The smallest absolute Gasteiger partial charge is 0.212 e. The highest BCUT2D eigenvalue weighted by Gasteiger charge is 2.23. The summed E-state index contributed by atoms with van der Waals surface area (Å²) in [6.07, 6.45) is 6.89. The van der Waals surface area contributed by atoms with E-state index in [1.54, 1.807) is 18.0 Å². The molecule has 0 bridgehead atoms. The van der Waals surface area contributed by atoms with E-state index in [4.69, 9.17) is 5.41 Å². The Labute approximate surface area is 136 Å². The lowest BCUT2D eigenvalue weighted by molar-refractivity contribution is -0.114. The number of halogens is 1. The van der Waals surface area contributed by atoms with E-state index in [0.29, 0.717) is 5.92 Å². The van der Waals surface area contributed by atoms with Crippen molar-refractivity contribution in [2.75, 3.05) is 11.2 Å². The van der Waals surface area contributed by atoms with E-state index < -0.39 is 0 Å². The molecule has 0 aliphatic heterocycles. The maximum Gasteiger partial charge on any atom is 0.212 e. The molecule has 0 unspecified atom stereocenters. The van der Waals surface area contributed by atoms with Gasteiger partial charge < -0.3 is 5.32 Å². The number of nitrogens with one attached hydrogen (secondary N) is 1. The van der Waals surface area contributed by atoms with Crippen molar-refractivity contribution in [2.24, 2.45) is 5.92 Å². The molecule has 2 aromatic heterocycles. The molecule has 0 aromatic carbocycles. The van der Waals surface area contributed by atoms with Gasteiger partial charge in [0.05, 0.1) is 22.8 Å². The fraction of sp³-hybridized carbons (Fsp3) is 0.400. The van der Waals surface area contributed by atoms with Crippen LogP contribution in [0.2, 0.25) is 0 Å². The van der Waals surface area contributed by atoms with Crippen LogP contribution in [0.1, 0.15) is 25.7 Å². The summed E-state index contributed by atoms with van der Waals surface area (Å²) in [7, 11) is 0. The number of anilines is 1. The second-order valence-corrected chi connectivity index (χ2v) is 7.20. The highest BCUT2D eigenvalue weighted by Crippen LogP contribution is 2.28. The van der Waals surface area contributed by atoms with Crippen LogP contribution in [0.15, 0.2) is 28.9 Å². The zero-order chi connectivity index (χ0) is 14.7. The largest absolute Gasteiger partial charge is 0.360 e. The van der Waals surface area contributed by atoms with Crippen LogP contribution in [0.3, 0.4) is 0 Å². The summed E-state index contributed by atoms with van der Waals surface area (Å²) >= 11 is 5.11. The molecule has 1 fully saturated rings. The third-order valence-corrected chi connectivity index (χ3v) is 5.14. The van der Waals surface area contributed by atoms with E-state index in [-0.39, 0.29) is 0 Å². The lowest BCUT2D eigenvalue weighted by atomic mass is 10.1. The molecule has 4 nitrogen and oxygen atoms in total. The normalized spacial score (nSPS) is 15.5. The number of hydrogen-bond donors (Lipinski definition) is 2. The van der Waals surface area contributed by atoms with Crippen molar-refractivity contribution < 1.29 is 5.41 Å². The zero-order valence-electron chi connectivity index (χ0n) is 11.7. The molecule has 110 valence electrons. The molecule has 3 rings (SSSR count). The van der Waals surface area contributed by atoms with Crippen molar-refractivity contribution in [3.05, 3.63) is 28.9 Å². The minimum atomic E-state index is 0.599. The van der Waals surface area contributed by atoms with Gasteiger partial charge in [-0.1, -0.05) is 12.8 Å². The van der Waals surface area contributed by atoms with E-state index in [2.05, 4.69) is 31.2 Å². The second kappa shape index (κ2) is 6.75. The standard InChI is InChI=1S/C15H17BrN4S/c16-11-7-13-12(18-8-11)5-6-14(20-13)19-9-21-15(17)10-3-1-2-4-10/h5-8,10,17H,1-4,9H2,(H,19,20)/p+1. The van der Waals surface area contributed by atoms with Gasteiger partial charge in [-0.25, -0.2) is 4.98 Å². The third-order valence-electron chi connectivity index (χ3n) is 3.75. The average molecular weight is 366 g/mol. The molecule has 1 aliphatic rings. The lowest BCUT2D eigenvalue weighted by Crippen LogP contribution is -2.42. The number of thioether (sulfide) groups is 1. The summed E-state index contributed by atoms with van der Waals surface area (Å²) in [6, 6.07) is 5.90. The molecule has 3 N–H and O–H groups in total. The number of nitrogens with two attached hydrogens (primary N) is 1. The summed E-state index contributed by atoms with van der Waals surface area (Å²) in [6.45, 7) is 0. The van der Waals surface area contributed by atoms with E-state index >= 15 is 0 Å². The first-order chi connectivity index (χ1) is 10.2. The molecule has 2 aromatic rings. The molecule has 0 spiro atoms. The first-order valence-electron chi connectivity index (χ1n) is 7.13. The van der Waals surface area contributed by atoms with Crippen molar-refractivity contribution in [2.45, 2.75) is 25.7 Å². The molecule has 1 saturated carbocycles. The van der Waals surface area contributed by atoms with Gasteiger partial charge in [0.25, 0.3) is 0 Å². The van der Waals surface area contributed by atoms with E-state index in [1.807, 2.05) is 18.2 Å². The van der Waals surface area contributed by atoms with Gasteiger partial charge in [-0.2, -0.15) is 0 Å². The number of nitrogens with zero attached hydrogens (tertiary/aromatic N) is 2.